The van der Waals surface area contributed by atoms with Crippen molar-refractivity contribution in [2.45, 2.75) is 13.3 Å². The Bertz CT molecular complexity index is 189. The molecule has 4 heteroatoms. The summed E-state index contributed by atoms with van der Waals surface area (Å²) >= 11 is 0. The molecule has 1 aliphatic heterocycles. The quantitative estimate of drug-likeness (QED) is 0.593. The fraction of sp³-hybridized carbons (Fsp3) is 0.909. The number of carbonyl (C=O) groups excluding carboxylic acids is 1. The van der Waals surface area contributed by atoms with Gasteiger partial charge in [0.05, 0.1) is 6.54 Å². The Labute approximate surface area is 92.2 Å². The summed E-state index contributed by atoms with van der Waals surface area (Å²) in [6, 6.07) is 0. The number of hydrogen-bond donors (Lipinski definition) is 0. The number of rotatable bonds is 6. The molecule has 1 aliphatic rings. The maximum atomic E-state index is 10.9. The van der Waals surface area contributed by atoms with Crippen LogP contribution < -0.4 is 0 Å². The zero-order chi connectivity index (χ0) is 11.1. The molecule has 0 amide bonds. The average molecular weight is 214 g/mol. The van der Waals surface area contributed by atoms with Gasteiger partial charge in [-0.15, -0.1) is 0 Å². The van der Waals surface area contributed by atoms with Crippen LogP contribution in [0.3, 0.4) is 0 Å². The van der Waals surface area contributed by atoms with Crippen molar-refractivity contribution < 1.29 is 9.53 Å². The lowest BCUT2D eigenvalue weighted by Gasteiger charge is -2.34. The molecule has 0 N–H and O–H groups in total. The van der Waals surface area contributed by atoms with Crippen LogP contribution in [0.25, 0.3) is 0 Å². The largest absolute Gasteiger partial charge is 0.385 e. The number of Topliss-reactive ketones (excluding diaryl/α,β-unsaturated/α-hetero) is 1. The van der Waals surface area contributed by atoms with Crippen molar-refractivity contribution in [3.63, 3.8) is 0 Å². The van der Waals surface area contributed by atoms with Crippen molar-refractivity contribution in [2.75, 3.05) is 53.0 Å². The molecule has 88 valence electrons. The summed E-state index contributed by atoms with van der Waals surface area (Å²) in [4.78, 5) is 15.6. The second-order valence-corrected chi connectivity index (χ2v) is 4.17. The molecular formula is C11H22N2O2. The van der Waals surface area contributed by atoms with Crippen molar-refractivity contribution in [3.05, 3.63) is 0 Å². The number of ketones is 1. The standard InChI is InChI=1S/C11H22N2O2/c1-11(14)10-13-7-5-12(6-8-13)4-3-9-15-2/h3-10H2,1-2H3. The van der Waals surface area contributed by atoms with E-state index in [1.807, 2.05) is 0 Å². The Balaban J connectivity index is 2.10. The molecule has 0 aromatic rings. The lowest BCUT2D eigenvalue weighted by molar-refractivity contribution is -0.118. The van der Waals surface area contributed by atoms with E-state index in [0.29, 0.717) is 6.54 Å². The molecule has 4 nitrogen and oxygen atoms in total. The lowest BCUT2D eigenvalue weighted by Crippen LogP contribution is -2.47. The molecule has 1 heterocycles. The average Bonchev–Trinajstić information content (AvgIpc) is 2.20. The Morgan fingerprint density at radius 2 is 1.80 bits per heavy atom. The van der Waals surface area contributed by atoms with Gasteiger partial charge in [-0.2, -0.15) is 0 Å². The highest BCUT2D eigenvalue weighted by atomic mass is 16.5. The van der Waals surface area contributed by atoms with Gasteiger partial charge in [0.1, 0.15) is 5.78 Å². The summed E-state index contributed by atoms with van der Waals surface area (Å²) in [6.07, 6.45) is 1.10. The first-order chi connectivity index (χ1) is 7.22. The number of carbonyl (C=O) groups is 1. The minimum atomic E-state index is 0.267. The monoisotopic (exact) mass is 214 g/mol. The SMILES string of the molecule is COCCCN1CCN(CC(C)=O)CC1. The van der Waals surface area contributed by atoms with E-state index < -0.39 is 0 Å². The predicted octanol–water partition coefficient (Wildman–Crippen LogP) is 0.230. The number of ether oxygens (including phenoxy) is 1. The third-order valence-corrected chi connectivity index (χ3v) is 2.73. The van der Waals surface area contributed by atoms with Crippen molar-refractivity contribution in [1.82, 2.24) is 9.80 Å². The second kappa shape index (κ2) is 6.93. The van der Waals surface area contributed by atoms with Gasteiger partial charge < -0.3 is 9.64 Å². The van der Waals surface area contributed by atoms with E-state index in [2.05, 4.69) is 9.80 Å². The maximum Gasteiger partial charge on any atom is 0.143 e. The smallest absolute Gasteiger partial charge is 0.143 e. The van der Waals surface area contributed by atoms with E-state index in [1.165, 1.54) is 0 Å². The van der Waals surface area contributed by atoms with Gasteiger partial charge in [-0.25, -0.2) is 0 Å². The fourth-order valence-corrected chi connectivity index (χ4v) is 1.92. The van der Waals surface area contributed by atoms with Gasteiger partial charge in [-0.05, 0) is 13.3 Å². The topological polar surface area (TPSA) is 32.8 Å². The van der Waals surface area contributed by atoms with Crippen LogP contribution in [-0.2, 0) is 9.53 Å². The Morgan fingerprint density at radius 3 is 2.33 bits per heavy atom. The van der Waals surface area contributed by atoms with Crippen LogP contribution in [0.15, 0.2) is 0 Å². The van der Waals surface area contributed by atoms with Crippen LogP contribution in [-0.4, -0.2) is 68.6 Å². The van der Waals surface area contributed by atoms with Gasteiger partial charge in [0.15, 0.2) is 0 Å². The van der Waals surface area contributed by atoms with Gasteiger partial charge in [0, 0.05) is 46.4 Å². The number of methoxy groups -OCH3 is 1. The van der Waals surface area contributed by atoms with Crippen molar-refractivity contribution in [3.8, 4) is 0 Å². The van der Waals surface area contributed by atoms with Crippen molar-refractivity contribution in [1.29, 1.82) is 0 Å². The van der Waals surface area contributed by atoms with Gasteiger partial charge in [-0.1, -0.05) is 0 Å². The summed E-state index contributed by atoms with van der Waals surface area (Å²) in [6.45, 7) is 8.43. The molecule has 0 unspecified atom stereocenters. The van der Waals surface area contributed by atoms with Gasteiger partial charge in [-0.3, -0.25) is 9.69 Å². The fourth-order valence-electron chi connectivity index (χ4n) is 1.92. The molecule has 0 aromatic heterocycles. The maximum absolute atomic E-state index is 10.9. The van der Waals surface area contributed by atoms with E-state index in [4.69, 9.17) is 4.74 Å². The summed E-state index contributed by atoms with van der Waals surface area (Å²) in [7, 11) is 1.74. The molecule has 15 heavy (non-hydrogen) atoms. The predicted molar refractivity (Wildman–Crippen MR) is 60.1 cm³/mol. The minimum absolute atomic E-state index is 0.267. The van der Waals surface area contributed by atoms with Crippen LogP contribution in [0.2, 0.25) is 0 Å². The molecule has 0 aromatic carbocycles. The van der Waals surface area contributed by atoms with E-state index >= 15 is 0 Å². The van der Waals surface area contributed by atoms with E-state index in [1.54, 1.807) is 14.0 Å². The first-order valence-corrected chi connectivity index (χ1v) is 5.65. The molecule has 1 rings (SSSR count). The highest BCUT2D eigenvalue weighted by Gasteiger charge is 2.16. The third kappa shape index (κ3) is 5.25. The van der Waals surface area contributed by atoms with Crippen molar-refractivity contribution >= 4 is 5.78 Å². The Morgan fingerprint density at radius 1 is 1.20 bits per heavy atom. The molecule has 0 aliphatic carbocycles. The molecule has 0 bridgehead atoms. The normalized spacial score (nSPS) is 19.3. The lowest BCUT2D eigenvalue weighted by atomic mass is 10.2. The molecule has 0 saturated carbocycles. The zero-order valence-electron chi connectivity index (χ0n) is 9.87. The van der Waals surface area contributed by atoms with Crippen LogP contribution in [0.1, 0.15) is 13.3 Å². The van der Waals surface area contributed by atoms with Crippen molar-refractivity contribution in [2.24, 2.45) is 0 Å². The Hall–Kier alpha value is -0.450. The number of hydrogen-bond acceptors (Lipinski definition) is 4. The summed E-state index contributed by atoms with van der Waals surface area (Å²) in [5, 5.41) is 0. The van der Waals surface area contributed by atoms with Crippen LogP contribution in [0.5, 0.6) is 0 Å². The van der Waals surface area contributed by atoms with Crippen LogP contribution in [0, 0.1) is 0 Å². The first kappa shape index (κ1) is 12.6. The molecule has 0 radical (unpaired) electrons. The molecule has 0 spiro atoms. The Kier molecular flexibility index (Phi) is 5.83. The zero-order valence-corrected chi connectivity index (χ0v) is 9.87. The van der Waals surface area contributed by atoms with Gasteiger partial charge >= 0.3 is 0 Å². The minimum Gasteiger partial charge on any atom is -0.385 e. The highest BCUT2D eigenvalue weighted by molar-refractivity contribution is 5.77. The highest BCUT2D eigenvalue weighted by Crippen LogP contribution is 2.02. The van der Waals surface area contributed by atoms with Crippen LogP contribution in [0.4, 0.5) is 0 Å². The van der Waals surface area contributed by atoms with E-state index in [0.717, 1.165) is 45.8 Å². The second-order valence-electron chi connectivity index (χ2n) is 4.17. The number of piperazine rings is 1. The number of nitrogens with zero attached hydrogens (tertiary/aromatic N) is 2. The third-order valence-electron chi connectivity index (χ3n) is 2.73. The molecular weight excluding hydrogens is 192 g/mol. The van der Waals surface area contributed by atoms with Gasteiger partial charge in [0.2, 0.25) is 0 Å². The molecule has 1 fully saturated rings. The summed E-state index contributed by atoms with van der Waals surface area (Å²) in [5.41, 5.74) is 0. The first-order valence-electron chi connectivity index (χ1n) is 5.65. The molecule has 0 atom stereocenters. The molecule has 1 saturated heterocycles. The van der Waals surface area contributed by atoms with E-state index in [9.17, 15) is 4.79 Å². The van der Waals surface area contributed by atoms with Crippen LogP contribution >= 0.6 is 0 Å². The van der Waals surface area contributed by atoms with E-state index in [-0.39, 0.29) is 5.78 Å². The van der Waals surface area contributed by atoms with Gasteiger partial charge in [0.25, 0.3) is 0 Å². The summed E-state index contributed by atoms with van der Waals surface area (Å²) < 4.78 is 5.02. The summed E-state index contributed by atoms with van der Waals surface area (Å²) in [5.74, 6) is 0.267.